The van der Waals surface area contributed by atoms with Crippen molar-refractivity contribution in [2.24, 2.45) is 5.92 Å². The van der Waals surface area contributed by atoms with Crippen LogP contribution in [0.1, 0.15) is 16.8 Å². The summed E-state index contributed by atoms with van der Waals surface area (Å²) >= 11 is 0. The van der Waals surface area contributed by atoms with E-state index >= 15 is 0 Å². The molecule has 0 saturated carbocycles. The Balaban J connectivity index is 1.45. The Hall–Kier alpha value is -2.99. The van der Waals surface area contributed by atoms with Gasteiger partial charge in [0.25, 0.3) is 5.91 Å². The highest BCUT2D eigenvalue weighted by Gasteiger charge is 2.16. The third-order valence-corrected chi connectivity index (χ3v) is 4.62. The molecule has 1 amide bonds. The SMILES string of the molecule is O=C(NC[C@H]1CCOC1)c1ccc(-c2cccc(-n3cnnc3)c2)cc1. The summed E-state index contributed by atoms with van der Waals surface area (Å²) in [4.78, 5) is 12.3. The van der Waals surface area contributed by atoms with Gasteiger partial charge in [-0.15, -0.1) is 10.2 Å². The summed E-state index contributed by atoms with van der Waals surface area (Å²) in [5.41, 5.74) is 3.79. The smallest absolute Gasteiger partial charge is 0.251 e. The molecule has 3 aromatic rings. The second-order valence-electron chi connectivity index (χ2n) is 6.44. The highest BCUT2D eigenvalue weighted by atomic mass is 16.5. The first-order valence-electron chi connectivity index (χ1n) is 8.71. The number of hydrogen-bond acceptors (Lipinski definition) is 4. The maximum Gasteiger partial charge on any atom is 0.251 e. The van der Waals surface area contributed by atoms with Crippen LogP contribution in [0, 0.1) is 5.92 Å². The van der Waals surface area contributed by atoms with Crippen LogP contribution >= 0.6 is 0 Å². The third-order valence-electron chi connectivity index (χ3n) is 4.62. The lowest BCUT2D eigenvalue weighted by Crippen LogP contribution is -2.29. The van der Waals surface area contributed by atoms with Gasteiger partial charge in [0.05, 0.1) is 6.61 Å². The summed E-state index contributed by atoms with van der Waals surface area (Å²) in [7, 11) is 0. The standard InChI is InChI=1S/C20H20N4O2/c25-20(21-11-15-8-9-26-12-15)17-6-4-16(5-7-17)18-2-1-3-19(10-18)24-13-22-23-14-24/h1-7,10,13-15H,8-9,11-12H2,(H,21,25)/t15-/m1/s1. The number of carbonyl (C=O) groups is 1. The van der Waals surface area contributed by atoms with Crippen LogP contribution in [0.5, 0.6) is 0 Å². The van der Waals surface area contributed by atoms with Gasteiger partial charge >= 0.3 is 0 Å². The van der Waals surface area contributed by atoms with E-state index in [1.54, 1.807) is 12.7 Å². The second kappa shape index (κ2) is 7.49. The third kappa shape index (κ3) is 3.65. The van der Waals surface area contributed by atoms with E-state index in [0.29, 0.717) is 18.0 Å². The van der Waals surface area contributed by atoms with Crippen molar-refractivity contribution in [1.82, 2.24) is 20.1 Å². The highest BCUT2D eigenvalue weighted by Crippen LogP contribution is 2.22. The fourth-order valence-corrected chi connectivity index (χ4v) is 3.08. The normalized spacial score (nSPS) is 16.5. The predicted octanol–water partition coefficient (Wildman–Crippen LogP) is 2.70. The van der Waals surface area contributed by atoms with Gasteiger partial charge in [0.2, 0.25) is 0 Å². The molecule has 1 atom stereocenters. The van der Waals surface area contributed by atoms with E-state index in [9.17, 15) is 4.79 Å². The number of hydrogen-bond donors (Lipinski definition) is 1. The monoisotopic (exact) mass is 348 g/mol. The molecule has 1 aliphatic rings. The zero-order chi connectivity index (χ0) is 17.8. The van der Waals surface area contributed by atoms with Crippen LogP contribution in [0.2, 0.25) is 0 Å². The Labute approximate surface area is 151 Å². The molecule has 1 N–H and O–H groups in total. The van der Waals surface area contributed by atoms with E-state index in [2.05, 4.69) is 21.6 Å². The van der Waals surface area contributed by atoms with Gasteiger partial charge in [-0.25, -0.2) is 0 Å². The van der Waals surface area contributed by atoms with Gasteiger partial charge in [-0.05, 0) is 41.8 Å². The number of nitrogens with zero attached hydrogens (tertiary/aromatic N) is 3. The molecule has 1 saturated heterocycles. The molecule has 2 aromatic carbocycles. The molecule has 0 bridgehead atoms. The van der Waals surface area contributed by atoms with Gasteiger partial charge in [0.1, 0.15) is 12.7 Å². The van der Waals surface area contributed by atoms with Crippen LogP contribution in [0.15, 0.2) is 61.2 Å². The lowest BCUT2D eigenvalue weighted by atomic mass is 10.0. The Morgan fingerprint density at radius 2 is 1.92 bits per heavy atom. The zero-order valence-electron chi connectivity index (χ0n) is 14.3. The van der Waals surface area contributed by atoms with Crippen molar-refractivity contribution in [2.75, 3.05) is 19.8 Å². The first-order valence-corrected chi connectivity index (χ1v) is 8.71. The first kappa shape index (κ1) is 16.5. The maximum atomic E-state index is 12.3. The van der Waals surface area contributed by atoms with Gasteiger partial charge in [-0.1, -0.05) is 24.3 Å². The molecule has 1 fully saturated rings. The molecule has 26 heavy (non-hydrogen) atoms. The lowest BCUT2D eigenvalue weighted by molar-refractivity contribution is 0.0945. The Kier molecular flexibility index (Phi) is 4.75. The first-order chi connectivity index (χ1) is 12.8. The van der Waals surface area contributed by atoms with E-state index < -0.39 is 0 Å². The van der Waals surface area contributed by atoms with E-state index in [0.717, 1.165) is 36.4 Å². The minimum Gasteiger partial charge on any atom is -0.381 e. The molecular formula is C20H20N4O2. The number of aromatic nitrogens is 3. The van der Waals surface area contributed by atoms with Crippen LogP contribution in [0.3, 0.4) is 0 Å². The number of benzene rings is 2. The molecule has 6 nitrogen and oxygen atoms in total. The van der Waals surface area contributed by atoms with Crippen molar-refractivity contribution in [1.29, 1.82) is 0 Å². The minimum absolute atomic E-state index is 0.0401. The average molecular weight is 348 g/mol. The number of nitrogens with one attached hydrogen (secondary N) is 1. The van der Waals surface area contributed by atoms with E-state index in [-0.39, 0.29) is 5.91 Å². The summed E-state index contributed by atoms with van der Waals surface area (Å²) in [5, 5.41) is 10.7. The summed E-state index contributed by atoms with van der Waals surface area (Å²) < 4.78 is 7.19. The summed E-state index contributed by atoms with van der Waals surface area (Å²) in [6.45, 7) is 2.20. The number of ether oxygens (including phenoxy) is 1. The minimum atomic E-state index is -0.0401. The average Bonchev–Trinajstić information content (AvgIpc) is 3.40. The quantitative estimate of drug-likeness (QED) is 0.770. The van der Waals surface area contributed by atoms with E-state index in [1.165, 1.54) is 0 Å². The van der Waals surface area contributed by atoms with Crippen LogP contribution in [-0.2, 0) is 4.74 Å². The zero-order valence-corrected chi connectivity index (χ0v) is 14.3. The Morgan fingerprint density at radius 3 is 2.65 bits per heavy atom. The van der Waals surface area contributed by atoms with Crippen molar-refractivity contribution < 1.29 is 9.53 Å². The molecule has 6 heteroatoms. The van der Waals surface area contributed by atoms with Crippen molar-refractivity contribution >= 4 is 5.91 Å². The molecule has 2 heterocycles. The largest absolute Gasteiger partial charge is 0.381 e. The molecule has 0 radical (unpaired) electrons. The molecule has 0 unspecified atom stereocenters. The number of carbonyl (C=O) groups excluding carboxylic acids is 1. The second-order valence-corrected chi connectivity index (χ2v) is 6.44. The topological polar surface area (TPSA) is 69.0 Å². The molecule has 4 rings (SSSR count). The predicted molar refractivity (Wildman–Crippen MR) is 98.1 cm³/mol. The van der Waals surface area contributed by atoms with Crippen LogP contribution in [0.4, 0.5) is 0 Å². The molecule has 0 aliphatic carbocycles. The van der Waals surface area contributed by atoms with Gasteiger partial charge in [0.15, 0.2) is 0 Å². The van der Waals surface area contributed by atoms with Crippen molar-refractivity contribution in [3.05, 3.63) is 66.7 Å². The van der Waals surface area contributed by atoms with Gasteiger partial charge in [-0.2, -0.15) is 0 Å². The number of amides is 1. The molecular weight excluding hydrogens is 328 g/mol. The summed E-state index contributed by atoms with van der Waals surface area (Å²) in [6.07, 6.45) is 4.35. The van der Waals surface area contributed by atoms with Gasteiger partial charge < -0.3 is 10.1 Å². The van der Waals surface area contributed by atoms with Crippen molar-refractivity contribution in [2.45, 2.75) is 6.42 Å². The molecule has 0 spiro atoms. The van der Waals surface area contributed by atoms with Crippen molar-refractivity contribution in [3.8, 4) is 16.8 Å². The van der Waals surface area contributed by atoms with Crippen LogP contribution in [0.25, 0.3) is 16.8 Å². The van der Waals surface area contributed by atoms with Gasteiger partial charge in [-0.3, -0.25) is 9.36 Å². The molecule has 1 aromatic heterocycles. The highest BCUT2D eigenvalue weighted by molar-refractivity contribution is 5.94. The van der Waals surface area contributed by atoms with Gasteiger partial charge in [0, 0.05) is 30.3 Å². The Morgan fingerprint density at radius 1 is 1.12 bits per heavy atom. The molecule has 1 aliphatic heterocycles. The van der Waals surface area contributed by atoms with Crippen LogP contribution in [-0.4, -0.2) is 40.4 Å². The summed E-state index contributed by atoms with van der Waals surface area (Å²) in [5.74, 6) is 0.389. The lowest BCUT2D eigenvalue weighted by Gasteiger charge is -2.10. The number of rotatable bonds is 5. The maximum absolute atomic E-state index is 12.3. The summed E-state index contributed by atoms with van der Waals surface area (Å²) in [6, 6.07) is 15.8. The van der Waals surface area contributed by atoms with E-state index in [4.69, 9.17) is 4.74 Å². The van der Waals surface area contributed by atoms with E-state index in [1.807, 2.05) is 47.0 Å². The fraction of sp³-hybridized carbons (Fsp3) is 0.250. The Bertz CT molecular complexity index is 869. The molecule has 132 valence electrons. The van der Waals surface area contributed by atoms with Crippen molar-refractivity contribution in [3.63, 3.8) is 0 Å². The van der Waals surface area contributed by atoms with Crippen LogP contribution < -0.4 is 5.32 Å². The fourth-order valence-electron chi connectivity index (χ4n) is 3.08.